The number of carbonyl (C=O) groups is 3. The van der Waals surface area contributed by atoms with Gasteiger partial charge in [-0.3, -0.25) is 14.5 Å². The van der Waals surface area contributed by atoms with Crippen LogP contribution in [-0.2, 0) is 19.1 Å². The normalized spacial score (nSPS) is 10.4. The summed E-state index contributed by atoms with van der Waals surface area (Å²) in [6.45, 7) is 1.11. The van der Waals surface area contributed by atoms with Crippen molar-refractivity contribution in [1.29, 1.82) is 0 Å². The highest BCUT2D eigenvalue weighted by atomic mass is 32.1. The lowest BCUT2D eigenvalue weighted by molar-refractivity contribution is -0.142. The van der Waals surface area contributed by atoms with Gasteiger partial charge < -0.3 is 9.47 Å². The average Bonchev–Trinajstić information content (AvgIpc) is 3.42. The average molecular weight is 431 g/mol. The molecule has 0 fully saturated rings. The highest BCUT2D eigenvalue weighted by Gasteiger charge is 2.22. The minimum Gasteiger partial charge on any atom is -0.465 e. The maximum atomic E-state index is 12.6. The Labute approximate surface area is 175 Å². The van der Waals surface area contributed by atoms with E-state index in [4.69, 9.17) is 9.47 Å². The highest BCUT2D eigenvalue weighted by molar-refractivity contribution is 7.20. The third kappa shape index (κ3) is 5.49. The Bertz CT molecular complexity index is 970. The molecule has 2 heterocycles. The van der Waals surface area contributed by atoms with Gasteiger partial charge in [-0.1, -0.05) is 24.3 Å². The molecule has 3 rings (SSSR count). The van der Waals surface area contributed by atoms with Crippen molar-refractivity contribution < 1.29 is 23.9 Å². The lowest BCUT2D eigenvalue weighted by atomic mass is 10.3. The molecule has 3 aromatic rings. The summed E-state index contributed by atoms with van der Waals surface area (Å²) in [6.07, 6.45) is 0. The third-order valence-corrected chi connectivity index (χ3v) is 5.61. The van der Waals surface area contributed by atoms with Crippen LogP contribution in [0.25, 0.3) is 9.88 Å². The number of anilines is 1. The number of amides is 1. The molecule has 0 radical (unpaired) electrons. The molecule has 1 amide bonds. The summed E-state index contributed by atoms with van der Waals surface area (Å²) in [5, 5.41) is 4.23. The number of carbonyl (C=O) groups excluding carboxylic acids is 3. The molecule has 9 heteroatoms. The van der Waals surface area contributed by atoms with Crippen LogP contribution in [0.1, 0.15) is 17.4 Å². The second kappa shape index (κ2) is 9.94. The predicted octanol–water partition coefficient (Wildman–Crippen LogP) is 3.62. The number of hydrogen-bond acceptors (Lipinski definition) is 8. The summed E-state index contributed by atoms with van der Waals surface area (Å²) in [7, 11) is 0. The standard InChI is InChI=1S/C20H18N2O5S2/c1-2-26-18(24)11-22(14-7-4-3-5-8-14)17(23)12-27-20(25)15-13-29-19(21-15)16-9-6-10-28-16/h3-10,13H,2,11-12H2,1H3. The van der Waals surface area contributed by atoms with E-state index in [1.54, 1.807) is 42.6 Å². The van der Waals surface area contributed by atoms with Crippen LogP contribution in [0.2, 0.25) is 0 Å². The van der Waals surface area contributed by atoms with E-state index in [-0.39, 0.29) is 18.8 Å². The van der Waals surface area contributed by atoms with E-state index < -0.39 is 24.5 Å². The number of nitrogens with zero attached hydrogens (tertiary/aromatic N) is 2. The van der Waals surface area contributed by atoms with Gasteiger partial charge in [0.15, 0.2) is 12.3 Å². The molecule has 29 heavy (non-hydrogen) atoms. The Morgan fingerprint density at radius 2 is 1.83 bits per heavy atom. The van der Waals surface area contributed by atoms with Crippen LogP contribution < -0.4 is 4.90 Å². The molecule has 7 nitrogen and oxygen atoms in total. The smallest absolute Gasteiger partial charge is 0.358 e. The minimum atomic E-state index is -0.693. The number of rotatable bonds is 8. The van der Waals surface area contributed by atoms with Crippen molar-refractivity contribution in [2.24, 2.45) is 0 Å². The molecule has 150 valence electrons. The second-order valence-electron chi connectivity index (χ2n) is 5.71. The topological polar surface area (TPSA) is 85.8 Å². The molecule has 0 aliphatic rings. The Morgan fingerprint density at radius 1 is 1.03 bits per heavy atom. The van der Waals surface area contributed by atoms with Crippen LogP contribution in [0.5, 0.6) is 0 Å². The van der Waals surface area contributed by atoms with Gasteiger partial charge in [-0.15, -0.1) is 22.7 Å². The van der Waals surface area contributed by atoms with Crippen LogP contribution in [-0.4, -0.2) is 42.6 Å². The Hall–Kier alpha value is -3.04. The first-order valence-electron chi connectivity index (χ1n) is 8.76. The minimum absolute atomic E-state index is 0.142. The van der Waals surface area contributed by atoms with E-state index in [9.17, 15) is 14.4 Å². The van der Waals surface area contributed by atoms with E-state index >= 15 is 0 Å². The van der Waals surface area contributed by atoms with Crippen LogP contribution in [0.4, 0.5) is 5.69 Å². The van der Waals surface area contributed by atoms with Crippen LogP contribution in [0, 0.1) is 0 Å². The zero-order valence-corrected chi connectivity index (χ0v) is 17.2. The quantitative estimate of drug-likeness (QED) is 0.508. The van der Waals surface area contributed by atoms with Crippen molar-refractivity contribution in [3.8, 4) is 9.88 Å². The molecular weight excluding hydrogens is 412 g/mol. The summed E-state index contributed by atoms with van der Waals surface area (Å²) in [4.78, 5) is 43.2. The fraction of sp³-hybridized carbons (Fsp3) is 0.200. The summed E-state index contributed by atoms with van der Waals surface area (Å²) < 4.78 is 10.1. The van der Waals surface area contributed by atoms with Crippen molar-refractivity contribution in [3.05, 3.63) is 58.9 Å². The number of para-hydroxylation sites is 1. The van der Waals surface area contributed by atoms with Crippen molar-refractivity contribution >= 4 is 46.2 Å². The first-order chi connectivity index (χ1) is 14.1. The summed E-state index contributed by atoms with van der Waals surface area (Å²) in [5.74, 6) is -1.77. The van der Waals surface area contributed by atoms with Crippen molar-refractivity contribution in [1.82, 2.24) is 4.98 Å². The Kier molecular flexibility index (Phi) is 7.09. The summed E-state index contributed by atoms with van der Waals surface area (Å²) >= 11 is 2.85. The molecular formula is C20H18N2O5S2. The third-order valence-electron chi connectivity index (χ3n) is 3.73. The van der Waals surface area contributed by atoms with Gasteiger partial charge in [-0.2, -0.15) is 0 Å². The zero-order valence-electron chi connectivity index (χ0n) is 15.6. The fourth-order valence-electron chi connectivity index (χ4n) is 2.43. The van der Waals surface area contributed by atoms with Gasteiger partial charge in [0.1, 0.15) is 11.6 Å². The molecule has 1 aromatic carbocycles. The molecule has 0 saturated carbocycles. The Morgan fingerprint density at radius 3 is 2.52 bits per heavy atom. The number of thiazole rings is 1. The van der Waals surface area contributed by atoms with Crippen LogP contribution in [0.3, 0.4) is 0 Å². The van der Waals surface area contributed by atoms with Crippen LogP contribution in [0.15, 0.2) is 53.2 Å². The maximum absolute atomic E-state index is 12.6. The largest absolute Gasteiger partial charge is 0.465 e. The molecule has 0 unspecified atom stereocenters. The van der Waals surface area contributed by atoms with E-state index in [1.807, 2.05) is 17.5 Å². The van der Waals surface area contributed by atoms with Gasteiger partial charge in [0.05, 0.1) is 11.5 Å². The molecule has 0 saturated heterocycles. The molecule has 2 aromatic heterocycles. The number of benzene rings is 1. The summed E-state index contributed by atoms with van der Waals surface area (Å²) in [5.41, 5.74) is 0.651. The van der Waals surface area contributed by atoms with Gasteiger partial charge in [0.2, 0.25) is 0 Å². The van der Waals surface area contributed by atoms with Gasteiger partial charge in [0.25, 0.3) is 5.91 Å². The lowest BCUT2D eigenvalue weighted by Gasteiger charge is -2.21. The van der Waals surface area contributed by atoms with Crippen molar-refractivity contribution in [2.45, 2.75) is 6.92 Å². The molecule has 0 bridgehead atoms. The van der Waals surface area contributed by atoms with E-state index in [0.29, 0.717) is 10.7 Å². The molecule has 0 N–H and O–H groups in total. The first kappa shape index (κ1) is 20.7. The molecule has 0 spiro atoms. The maximum Gasteiger partial charge on any atom is 0.358 e. The van der Waals surface area contributed by atoms with Gasteiger partial charge in [0, 0.05) is 11.1 Å². The van der Waals surface area contributed by atoms with E-state index in [1.165, 1.54) is 27.6 Å². The number of hydrogen-bond donors (Lipinski definition) is 0. The Balaban J connectivity index is 1.64. The first-order valence-corrected chi connectivity index (χ1v) is 10.5. The fourth-order valence-corrected chi connectivity index (χ4v) is 4.03. The van der Waals surface area contributed by atoms with Gasteiger partial charge in [-0.25, -0.2) is 9.78 Å². The monoisotopic (exact) mass is 430 g/mol. The highest BCUT2D eigenvalue weighted by Crippen LogP contribution is 2.28. The van der Waals surface area contributed by atoms with Gasteiger partial charge in [-0.05, 0) is 30.5 Å². The van der Waals surface area contributed by atoms with Crippen molar-refractivity contribution in [2.75, 3.05) is 24.7 Å². The molecule has 0 aliphatic heterocycles. The molecule has 0 atom stereocenters. The summed E-state index contributed by atoms with van der Waals surface area (Å²) in [6, 6.07) is 12.5. The molecule has 0 aliphatic carbocycles. The van der Waals surface area contributed by atoms with E-state index in [0.717, 1.165) is 4.88 Å². The van der Waals surface area contributed by atoms with Crippen molar-refractivity contribution in [3.63, 3.8) is 0 Å². The van der Waals surface area contributed by atoms with Gasteiger partial charge >= 0.3 is 11.9 Å². The second-order valence-corrected chi connectivity index (χ2v) is 7.52. The number of thiophene rings is 1. The van der Waals surface area contributed by atoms with Crippen LogP contribution >= 0.6 is 22.7 Å². The zero-order chi connectivity index (χ0) is 20.6. The number of ether oxygens (including phenoxy) is 2. The van der Waals surface area contributed by atoms with E-state index in [2.05, 4.69) is 4.98 Å². The predicted molar refractivity (Wildman–Crippen MR) is 111 cm³/mol. The number of aromatic nitrogens is 1. The SMILES string of the molecule is CCOC(=O)CN(C(=O)COC(=O)c1csc(-c2cccs2)n1)c1ccccc1. The lowest BCUT2D eigenvalue weighted by Crippen LogP contribution is -2.39. The number of esters is 2.